The summed E-state index contributed by atoms with van der Waals surface area (Å²) in [5.41, 5.74) is 0. The quantitative estimate of drug-likeness (QED) is 0.0321. The zero-order valence-corrected chi connectivity index (χ0v) is 45.4. The van der Waals surface area contributed by atoms with Gasteiger partial charge in [-0.3, -0.25) is 9.59 Å². The lowest BCUT2D eigenvalue weighted by molar-refractivity contribution is -0.143. The predicted molar refractivity (Wildman–Crippen MR) is 292 cm³/mol. The van der Waals surface area contributed by atoms with Crippen LogP contribution < -0.4 is 5.32 Å². The van der Waals surface area contributed by atoms with E-state index < -0.39 is 12.1 Å². The van der Waals surface area contributed by atoms with Gasteiger partial charge < -0.3 is 20.3 Å². The summed E-state index contributed by atoms with van der Waals surface area (Å²) in [6, 6.07) is -0.553. The van der Waals surface area contributed by atoms with Crippen molar-refractivity contribution in [3.05, 3.63) is 12.2 Å². The molecule has 0 aliphatic rings. The Morgan fingerprint density at radius 3 is 1.06 bits per heavy atom. The zero-order chi connectivity index (χ0) is 48.6. The third-order valence-electron chi connectivity index (χ3n) is 14.3. The maximum absolute atomic E-state index is 12.5. The Hall–Kier alpha value is -1.40. The number of nitrogens with one attached hydrogen (secondary N) is 1. The topological polar surface area (TPSA) is 95.9 Å². The van der Waals surface area contributed by atoms with Gasteiger partial charge >= 0.3 is 5.97 Å². The molecule has 398 valence electrons. The summed E-state index contributed by atoms with van der Waals surface area (Å²) in [5, 5.41) is 23.3. The van der Waals surface area contributed by atoms with Crippen LogP contribution in [0.15, 0.2) is 12.2 Å². The number of unbranched alkanes of at least 4 members (excludes halogenated alkanes) is 44. The summed E-state index contributed by atoms with van der Waals surface area (Å²) >= 11 is 0. The number of amides is 1. The van der Waals surface area contributed by atoms with E-state index in [9.17, 15) is 19.8 Å². The van der Waals surface area contributed by atoms with Gasteiger partial charge in [-0.2, -0.15) is 0 Å². The molecule has 0 aromatic heterocycles. The normalized spacial score (nSPS) is 12.6. The zero-order valence-electron chi connectivity index (χ0n) is 45.4. The van der Waals surface area contributed by atoms with E-state index in [2.05, 4.69) is 31.3 Å². The molecule has 0 aliphatic carbocycles. The average molecular weight is 947 g/mol. The molecule has 0 saturated carbocycles. The first-order valence-corrected chi connectivity index (χ1v) is 30.4. The van der Waals surface area contributed by atoms with Crippen LogP contribution in [-0.2, 0) is 14.3 Å². The van der Waals surface area contributed by atoms with Crippen molar-refractivity contribution in [1.29, 1.82) is 0 Å². The lowest BCUT2D eigenvalue weighted by Crippen LogP contribution is -2.45. The molecular weight excluding hydrogens is 827 g/mol. The van der Waals surface area contributed by atoms with Crippen LogP contribution in [0.4, 0.5) is 0 Å². The predicted octanol–water partition coefficient (Wildman–Crippen LogP) is 18.9. The van der Waals surface area contributed by atoms with Gasteiger partial charge in [-0.1, -0.05) is 289 Å². The van der Waals surface area contributed by atoms with Crippen LogP contribution in [0.1, 0.15) is 341 Å². The number of hydrogen-bond acceptors (Lipinski definition) is 5. The Kier molecular flexibility index (Phi) is 56.0. The van der Waals surface area contributed by atoms with E-state index >= 15 is 0 Å². The number of carbonyl (C=O) groups is 2. The highest BCUT2D eigenvalue weighted by Gasteiger charge is 2.20. The number of ether oxygens (including phenoxy) is 1. The minimum absolute atomic E-state index is 0.00151. The number of hydrogen-bond donors (Lipinski definition) is 3. The van der Waals surface area contributed by atoms with E-state index in [1.165, 1.54) is 244 Å². The summed E-state index contributed by atoms with van der Waals surface area (Å²) in [7, 11) is 0. The molecule has 0 aliphatic heterocycles. The van der Waals surface area contributed by atoms with Crippen molar-refractivity contribution in [1.82, 2.24) is 5.32 Å². The number of allylic oxidation sites excluding steroid dienone is 2. The second-order valence-corrected chi connectivity index (χ2v) is 21.0. The van der Waals surface area contributed by atoms with Crippen LogP contribution >= 0.6 is 0 Å². The lowest BCUT2D eigenvalue weighted by Gasteiger charge is -2.22. The summed E-state index contributed by atoms with van der Waals surface area (Å²) in [6.45, 7) is 4.96. The van der Waals surface area contributed by atoms with Gasteiger partial charge in [-0.25, -0.2) is 0 Å². The van der Waals surface area contributed by atoms with E-state index in [-0.39, 0.29) is 18.5 Å². The molecule has 3 N–H and O–H groups in total. The molecular formula is C61H119NO5. The SMILES string of the molecule is CCCCCCCCCCCCCCCCCCCCC(O)C(CO)NC(=O)CCCCCCC/C=C\CCCCCCCCCOC(=O)CCCCCCCCCCCCCCCCCC. The molecule has 0 fully saturated rings. The van der Waals surface area contributed by atoms with Crippen LogP contribution in [0.25, 0.3) is 0 Å². The van der Waals surface area contributed by atoms with Gasteiger partial charge in [0.1, 0.15) is 0 Å². The first-order valence-electron chi connectivity index (χ1n) is 30.4. The largest absolute Gasteiger partial charge is 0.466 e. The van der Waals surface area contributed by atoms with E-state index in [0.717, 1.165) is 64.2 Å². The number of carbonyl (C=O) groups excluding carboxylic acids is 2. The second kappa shape index (κ2) is 57.2. The molecule has 6 nitrogen and oxygen atoms in total. The first-order chi connectivity index (χ1) is 33.0. The smallest absolute Gasteiger partial charge is 0.305 e. The summed E-state index contributed by atoms with van der Waals surface area (Å²) in [5.74, 6) is -0.0473. The van der Waals surface area contributed by atoms with Crippen molar-refractivity contribution < 1.29 is 24.5 Å². The molecule has 0 rings (SSSR count). The molecule has 6 heteroatoms. The fourth-order valence-electron chi connectivity index (χ4n) is 9.64. The van der Waals surface area contributed by atoms with Gasteiger partial charge in [-0.15, -0.1) is 0 Å². The van der Waals surface area contributed by atoms with Crippen molar-refractivity contribution in [2.24, 2.45) is 0 Å². The molecule has 0 saturated heterocycles. The van der Waals surface area contributed by atoms with Gasteiger partial charge in [0.2, 0.25) is 5.91 Å². The minimum Gasteiger partial charge on any atom is -0.466 e. The highest BCUT2D eigenvalue weighted by molar-refractivity contribution is 5.76. The molecule has 67 heavy (non-hydrogen) atoms. The first kappa shape index (κ1) is 65.6. The van der Waals surface area contributed by atoms with Crippen molar-refractivity contribution in [3.63, 3.8) is 0 Å². The summed E-state index contributed by atoms with van der Waals surface area (Å²) < 4.78 is 5.48. The number of aliphatic hydroxyl groups excluding tert-OH is 2. The van der Waals surface area contributed by atoms with Crippen molar-refractivity contribution in [3.8, 4) is 0 Å². The van der Waals surface area contributed by atoms with E-state index in [0.29, 0.717) is 25.9 Å². The average Bonchev–Trinajstić information content (AvgIpc) is 3.33. The molecule has 0 aromatic carbocycles. The van der Waals surface area contributed by atoms with E-state index in [1.54, 1.807) is 0 Å². The fraction of sp³-hybridized carbons (Fsp3) is 0.934. The maximum atomic E-state index is 12.5. The molecule has 0 radical (unpaired) electrons. The maximum Gasteiger partial charge on any atom is 0.305 e. The van der Waals surface area contributed by atoms with Crippen LogP contribution in [0.5, 0.6) is 0 Å². The highest BCUT2D eigenvalue weighted by Crippen LogP contribution is 2.18. The lowest BCUT2D eigenvalue weighted by atomic mass is 10.0. The molecule has 0 heterocycles. The second-order valence-electron chi connectivity index (χ2n) is 21.0. The minimum atomic E-state index is -0.674. The van der Waals surface area contributed by atoms with Crippen LogP contribution in [0.3, 0.4) is 0 Å². The van der Waals surface area contributed by atoms with Gasteiger partial charge in [0.05, 0.1) is 25.4 Å². The third-order valence-corrected chi connectivity index (χ3v) is 14.3. The standard InChI is InChI=1S/C61H119NO5/c1-3-5-7-9-11-13-15-17-19-21-22-25-29-33-37-41-45-49-53-59(64)58(57-63)62-60(65)54-50-46-42-38-34-30-26-23-24-28-32-36-40-44-48-52-56-67-61(66)55-51-47-43-39-35-31-27-20-18-16-14-12-10-8-6-4-2/h23,26,58-59,63-64H,3-22,24-25,27-57H2,1-2H3,(H,62,65)/b26-23-. The number of esters is 1. The summed E-state index contributed by atoms with van der Waals surface area (Å²) in [6.07, 6.45) is 67.8. The van der Waals surface area contributed by atoms with Crippen LogP contribution in [0.2, 0.25) is 0 Å². The molecule has 0 bridgehead atoms. The third kappa shape index (κ3) is 53.8. The number of rotatable bonds is 57. The Morgan fingerprint density at radius 2 is 0.701 bits per heavy atom. The fourth-order valence-corrected chi connectivity index (χ4v) is 9.64. The van der Waals surface area contributed by atoms with Gasteiger partial charge in [0, 0.05) is 12.8 Å². The molecule has 2 atom stereocenters. The van der Waals surface area contributed by atoms with E-state index in [4.69, 9.17) is 4.74 Å². The Balaban J connectivity index is 3.44. The molecule has 0 aromatic rings. The monoisotopic (exact) mass is 946 g/mol. The Labute approximate surface area is 419 Å². The van der Waals surface area contributed by atoms with Crippen LogP contribution in [-0.4, -0.2) is 47.4 Å². The Bertz CT molecular complexity index is 1000. The molecule has 1 amide bonds. The van der Waals surface area contributed by atoms with Gasteiger partial charge in [0.15, 0.2) is 0 Å². The number of aliphatic hydroxyl groups is 2. The van der Waals surface area contributed by atoms with Crippen molar-refractivity contribution in [2.45, 2.75) is 353 Å². The molecule has 0 spiro atoms. The molecule has 2 unspecified atom stereocenters. The van der Waals surface area contributed by atoms with Gasteiger partial charge in [0.25, 0.3) is 0 Å². The van der Waals surface area contributed by atoms with Crippen molar-refractivity contribution >= 4 is 11.9 Å². The van der Waals surface area contributed by atoms with Crippen LogP contribution in [0, 0.1) is 0 Å². The van der Waals surface area contributed by atoms with Crippen molar-refractivity contribution in [2.75, 3.05) is 13.2 Å². The van der Waals surface area contributed by atoms with E-state index in [1.807, 2.05) is 0 Å². The Morgan fingerprint density at radius 1 is 0.403 bits per heavy atom. The highest BCUT2D eigenvalue weighted by atomic mass is 16.5. The summed E-state index contributed by atoms with van der Waals surface area (Å²) in [4.78, 5) is 24.6. The van der Waals surface area contributed by atoms with Gasteiger partial charge in [-0.05, 0) is 51.4 Å².